The summed E-state index contributed by atoms with van der Waals surface area (Å²) < 4.78 is 26.8. The molecule has 18 heavy (non-hydrogen) atoms. The molecule has 1 N–H and O–H groups in total. The third kappa shape index (κ3) is 5.34. The Kier molecular flexibility index (Phi) is 7.25. The largest absolute Gasteiger partial charge is 0.382 e. The molecule has 0 fully saturated rings. The molecule has 0 aliphatic carbocycles. The lowest BCUT2D eigenvalue weighted by Gasteiger charge is -2.09. The molecule has 0 aliphatic heterocycles. The maximum atomic E-state index is 13.5. The van der Waals surface area contributed by atoms with E-state index in [0.717, 1.165) is 18.9 Å². The molecule has 0 bridgehead atoms. The molecule has 102 valence electrons. The van der Waals surface area contributed by atoms with Crippen molar-refractivity contribution in [1.82, 2.24) is 0 Å². The predicted molar refractivity (Wildman–Crippen MR) is 75.9 cm³/mol. The van der Waals surface area contributed by atoms with Gasteiger partial charge in [0.2, 0.25) is 0 Å². The topological polar surface area (TPSA) is 12.0 Å². The fourth-order valence-electron chi connectivity index (χ4n) is 1.83. The fourth-order valence-corrected chi connectivity index (χ4v) is 2.38. The van der Waals surface area contributed by atoms with Gasteiger partial charge < -0.3 is 5.32 Å². The first kappa shape index (κ1) is 15.4. The van der Waals surface area contributed by atoms with Gasteiger partial charge in [-0.05, 0) is 28.4 Å². The van der Waals surface area contributed by atoms with Crippen molar-refractivity contribution in [2.24, 2.45) is 0 Å². The Hall–Kier alpha value is -0.640. The van der Waals surface area contributed by atoms with E-state index in [2.05, 4.69) is 28.2 Å². The molecule has 0 unspecified atom stereocenters. The zero-order chi connectivity index (χ0) is 13.4. The Morgan fingerprint density at radius 1 is 1.06 bits per heavy atom. The average molecular weight is 320 g/mol. The molecular formula is C14H20BrF2N. The molecule has 1 aromatic carbocycles. The minimum absolute atomic E-state index is 0.352. The molecule has 0 atom stereocenters. The second kappa shape index (κ2) is 8.46. The molecule has 0 amide bonds. The van der Waals surface area contributed by atoms with Crippen molar-refractivity contribution in [3.05, 3.63) is 28.2 Å². The van der Waals surface area contributed by atoms with E-state index in [9.17, 15) is 8.78 Å². The number of hydrogen-bond donors (Lipinski definition) is 1. The van der Waals surface area contributed by atoms with Gasteiger partial charge in [0.25, 0.3) is 0 Å². The van der Waals surface area contributed by atoms with E-state index in [0.29, 0.717) is 16.7 Å². The quantitative estimate of drug-likeness (QED) is 0.624. The van der Waals surface area contributed by atoms with Crippen molar-refractivity contribution in [2.45, 2.75) is 45.4 Å². The lowest BCUT2D eigenvalue weighted by atomic mass is 10.1. The van der Waals surface area contributed by atoms with E-state index in [1.54, 1.807) is 0 Å². The molecule has 4 heteroatoms. The van der Waals surface area contributed by atoms with Crippen LogP contribution in [0.2, 0.25) is 0 Å². The van der Waals surface area contributed by atoms with Gasteiger partial charge in [0.05, 0.1) is 5.69 Å². The van der Waals surface area contributed by atoms with Gasteiger partial charge in [-0.2, -0.15) is 0 Å². The number of rotatable bonds is 8. The lowest BCUT2D eigenvalue weighted by Crippen LogP contribution is -2.04. The molecule has 0 radical (unpaired) electrons. The Labute approximate surface area is 116 Å². The van der Waals surface area contributed by atoms with E-state index in [-0.39, 0.29) is 0 Å². The van der Waals surface area contributed by atoms with Crippen LogP contribution in [-0.2, 0) is 0 Å². The molecule has 0 aliphatic rings. The summed E-state index contributed by atoms with van der Waals surface area (Å²) in [6.07, 6.45) is 7.17. The highest BCUT2D eigenvalue weighted by Crippen LogP contribution is 2.26. The summed E-state index contributed by atoms with van der Waals surface area (Å²) in [7, 11) is 0. The molecular weight excluding hydrogens is 300 g/mol. The van der Waals surface area contributed by atoms with Gasteiger partial charge in [0.15, 0.2) is 0 Å². The lowest BCUT2D eigenvalue weighted by molar-refractivity contribution is 0.582. The van der Waals surface area contributed by atoms with Gasteiger partial charge in [-0.15, -0.1) is 0 Å². The van der Waals surface area contributed by atoms with E-state index >= 15 is 0 Å². The summed E-state index contributed by atoms with van der Waals surface area (Å²) in [6, 6.07) is 2.17. The van der Waals surface area contributed by atoms with Crippen LogP contribution in [0.25, 0.3) is 0 Å². The highest BCUT2D eigenvalue weighted by Gasteiger charge is 2.08. The third-order valence-electron chi connectivity index (χ3n) is 2.84. The summed E-state index contributed by atoms with van der Waals surface area (Å²) in [5.74, 6) is -1.11. The van der Waals surface area contributed by atoms with Gasteiger partial charge in [0.1, 0.15) is 11.6 Å². The van der Waals surface area contributed by atoms with Crippen LogP contribution in [0.5, 0.6) is 0 Å². The van der Waals surface area contributed by atoms with Crippen molar-refractivity contribution in [1.29, 1.82) is 0 Å². The highest BCUT2D eigenvalue weighted by molar-refractivity contribution is 9.10. The van der Waals surface area contributed by atoms with Crippen LogP contribution in [0.15, 0.2) is 16.6 Å². The molecule has 1 aromatic rings. The number of hydrogen-bond acceptors (Lipinski definition) is 1. The Morgan fingerprint density at radius 3 is 2.39 bits per heavy atom. The molecule has 0 saturated carbocycles. The standard InChI is InChI=1S/C14H20BrF2N/c1-2-3-4-5-6-7-8-18-14-12(15)9-11(16)10-13(14)17/h9-10,18H,2-8H2,1H3. The number of nitrogens with one attached hydrogen (secondary N) is 1. The number of benzene rings is 1. The average Bonchev–Trinajstić information content (AvgIpc) is 2.30. The third-order valence-corrected chi connectivity index (χ3v) is 3.46. The van der Waals surface area contributed by atoms with Gasteiger partial charge in [-0.1, -0.05) is 39.0 Å². The van der Waals surface area contributed by atoms with E-state index in [1.165, 1.54) is 31.7 Å². The molecule has 0 heterocycles. The molecule has 0 saturated heterocycles. The van der Waals surface area contributed by atoms with Crippen LogP contribution in [-0.4, -0.2) is 6.54 Å². The predicted octanol–water partition coefficient (Wildman–Crippen LogP) is 5.50. The van der Waals surface area contributed by atoms with E-state index in [1.807, 2.05) is 0 Å². The van der Waals surface area contributed by atoms with E-state index in [4.69, 9.17) is 0 Å². The van der Waals surface area contributed by atoms with Crippen LogP contribution in [0.3, 0.4) is 0 Å². The molecule has 1 rings (SSSR count). The van der Waals surface area contributed by atoms with Crippen LogP contribution in [0.1, 0.15) is 45.4 Å². The maximum Gasteiger partial charge on any atom is 0.150 e. The number of anilines is 1. The Balaban J connectivity index is 2.27. The summed E-state index contributed by atoms with van der Waals surface area (Å²) >= 11 is 3.16. The van der Waals surface area contributed by atoms with Crippen molar-refractivity contribution in [2.75, 3.05) is 11.9 Å². The maximum absolute atomic E-state index is 13.5. The Morgan fingerprint density at radius 2 is 1.72 bits per heavy atom. The molecule has 1 nitrogen and oxygen atoms in total. The van der Waals surface area contributed by atoms with Crippen molar-refractivity contribution in [3.63, 3.8) is 0 Å². The van der Waals surface area contributed by atoms with Gasteiger partial charge in [-0.25, -0.2) is 8.78 Å². The first-order valence-corrected chi connectivity index (χ1v) is 7.33. The highest BCUT2D eigenvalue weighted by atomic mass is 79.9. The summed E-state index contributed by atoms with van der Waals surface area (Å²) in [5, 5.41) is 3.01. The van der Waals surface area contributed by atoms with Crippen LogP contribution < -0.4 is 5.32 Å². The Bertz CT molecular complexity index is 346. The minimum Gasteiger partial charge on any atom is -0.382 e. The van der Waals surface area contributed by atoms with Crippen LogP contribution in [0, 0.1) is 11.6 Å². The second-order valence-corrected chi connectivity index (χ2v) is 5.29. The van der Waals surface area contributed by atoms with Crippen LogP contribution >= 0.6 is 15.9 Å². The SMILES string of the molecule is CCCCCCCCNc1c(F)cc(F)cc1Br. The van der Waals surface area contributed by atoms with Crippen molar-refractivity contribution < 1.29 is 8.78 Å². The van der Waals surface area contributed by atoms with Crippen molar-refractivity contribution in [3.8, 4) is 0 Å². The first-order valence-electron chi connectivity index (χ1n) is 6.53. The minimum atomic E-state index is -0.565. The van der Waals surface area contributed by atoms with Gasteiger partial charge in [0, 0.05) is 17.1 Å². The smallest absolute Gasteiger partial charge is 0.150 e. The summed E-state index contributed by atoms with van der Waals surface area (Å²) in [6.45, 7) is 2.91. The van der Waals surface area contributed by atoms with Gasteiger partial charge in [-0.3, -0.25) is 0 Å². The normalized spacial score (nSPS) is 10.7. The van der Waals surface area contributed by atoms with Crippen molar-refractivity contribution >= 4 is 21.6 Å². The molecule has 0 aromatic heterocycles. The van der Waals surface area contributed by atoms with E-state index < -0.39 is 11.6 Å². The zero-order valence-electron chi connectivity index (χ0n) is 10.7. The zero-order valence-corrected chi connectivity index (χ0v) is 12.3. The summed E-state index contributed by atoms with van der Waals surface area (Å²) in [5.41, 5.74) is 0.352. The second-order valence-electron chi connectivity index (χ2n) is 4.44. The van der Waals surface area contributed by atoms with Gasteiger partial charge >= 0.3 is 0 Å². The molecule has 0 spiro atoms. The fraction of sp³-hybridized carbons (Fsp3) is 0.571. The first-order chi connectivity index (χ1) is 8.65. The monoisotopic (exact) mass is 319 g/mol. The van der Waals surface area contributed by atoms with Crippen LogP contribution in [0.4, 0.5) is 14.5 Å². The summed E-state index contributed by atoms with van der Waals surface area (Å²) in [4.78, 5) is 0. The number of halogens is 3. The number of unbranched alkanes of at least 4 members (excludes halogenated alkanes) is 5.